The fourth-order valence-electron chi connectivity index (χ4n) is 3.00. The molecule has 1 rings (SSSR count). The molecule has 0 bridgehead atoms. The van der Waals surface area contributed by atoms with Crippen molar-refractivity contribution in [3.63, 3.8) is 0 Å². The van der Waals surface area contributed by atoms with Crippen molar-refractivity contribution >= 4 is 11.6 Å². The van der Waals surface area contributed by atoms with Crippen LogP contribution in [0.3, 0.4) is 0 Å². The summed E-state index contributed by atoms with van der Waals surface area (Å²) < 4.78 is 0. The largest absolute Gasteiger partial charge is 0.299 e. The number of hydrogen-bond acceptors (Lipinski definition) is 3. The molecule has 3 nitrogen and oxygen atoms in total. The Morgan fingerprint density at radius 3 is 1.19 bits per heavy atom. The van der Waals surface area contributed by atoms with E-state index in [1.807, 2.05) is 41.5 Å². The third-order valence-corrected chi connectivity index (χ3v) is 4.42. The van der Waals surface area contributed by atoms with Gasteiger partial charge in [-0.2, -0.15) is 0 Å². The van der Waals surface area contributed by atoms with E-state index in [-0.39, 0.29) is 28.9 Å². The summed E-state index contributed by atoms with van der Waals surface area (Å²) >= 11 is 0. The Labute approximate surface area is 130 Å². The molecule has 0 saturated carbocycles. The number of Topliss-reactive ketones (excluding diaryl/α,β-unsaturated/α-hetero) is 2. The van der Waals surface area contributed by atoms with Crippen molar-refractivity contribution in [3.05, 3.63) is 0 Å². The zero-order chi connectivity index (χ0) is 16.8. The van der Waals surface area contributed by atoms with Crippen molar-refractivity contribution in [2.24, 2.45) is 22.7 Å². The van der Waals surface area contributed by atoms with Gasteiger partial charge in [0.2, 0.25) is 0 Å². The lowest BCUT2D eigenvalue weighted by Crippen LogP contribution is -2.40. The Hall–Kier alpha value is -0.700. The summed E-state index contributed by atoms with van der Waals surface area (Å²) in [7, 11) is 0. The maximum atomic E-state index is 12.8. The summed E-state index contributed by atoms with van der Waals surface area (Å²) in [5, 5.41) is 0. The molecule has 3 heteroatoms. The molecule has 1 aliphatic rings. The molecule has 122 valence electrons. The van der Waals surface area contributed by atoms with Gasteiger partial charge in [0.15, 0.2) is 0 Å². The molecule has 0 aliphatic carbocycles. The van der Waals surface area contributed by atoms with Crippen LogP contribution in [-0.4, -0.2) is 35.1 Å². The van der Waals surface area contributed by atoms with E-state index >= 15 is 0 Å². The molecule has 0 aromatic carbocycles. The smallest absolute Gasteiger partial charge is 0.143 e. The maximum Gasteiger partial charge on any atom is 0.143 e. The number of carbonyl (C=O) groups is 2. The highest BCUT2D eigenvalue weighted by molar-refractivity contribution is 5.95. The van der Waals surface area contributed by atoms with E-state index in [0.29, 0.717) is 13.1 Å². The van der Waals surface area contributed by atoms with Crippen LogP contribution in [0.15, 0.2) is 0 Å². The Bertz CT molecular complexity index is 384. The van der Waals surface area contributed by atoms with Crippen molar-refractivity contribution < 1.29 is 9.59 Å². The van der Waals surface area contributed by atoms with Crippen LogP contribution in [0.4, 0.5) is 0 Å². The minimum absolute atomic E-state index is 0.0106. The fourth-order valence-corrected chi connectivity index (χ4v) is 3.00. The van der Waals surface area contributed by atoms with Crippen LogP contribution < -0.4 is 0 Å². The number of nitrogens with zero attached hydrogens (tertiary/aromatic N) is 1. The topological polar surface area (TPSA) is 37.4 Å². The fraction of sp³-hybridized carbons (Fsp3) is 0.889. The van der Waals surface area contributed by atoms with Gasteiger partial charge in [0.1, 0.15) is 11.6 Å². The van der Waals surface area contributed by atoms with Crippen LogP contribution in [0.2, 0.25) is 0 Å². The highest BCUT2D eigenvalue weighted by Crippen LogP contribution is 2.38. The summed E-state index contributed by atoms with van der Waals surface area (Å²) in [6.07, 6.45) is 0. The SMILES string of the molecule is CC(C)(C)C(=O)[C@H]1CN(C(C)(C)C)C[C@@H]1C(=O)C(C)(C)C. The number of likely N-dealkylation sites (tertiary alicyclic amines) is 1. The van der Waals surface area contributed by atoms with E-state index in [4.69, 9.17) is 0 Å². The summed E-state index contributed by atoms with van der Waals surface area (Å²) in [6, 6.07) is 0. The predicted molar refractivity (Wildman–Crippen MR) is 87.2 cm³/mol. The van der Waals surface area contributed by atoms with Gasteiger partial charge >= 0.3 is 0 Å². The lowest BCUT2D eigenvalue weighted by molar-refractivity contribution is -0.138. The van der Waals surface area contributed by atoms with Gasteiger partial charge < -0.3 is 0 Å². The summed E-state index contributed by atoms with van der Waals surface area (Å²) in [5.74, 6) is 0.0978. The highest BCUT2D eigenvalue weighted by atomic mass is 16.1. The Morgan fingerprint density at radius 2 is 1.00 bits per heavy atom. The van der Waals surface area contributed by atoms with Gasteiger partial charge in [-0.1, -0.05) is 41.5 Å². The van der Waals surface area contributed by atoms with Crippen molar-refractivity contribution in [2.45, 2.75) is 67.9 Å². The minimum Gasteiger partial charge on any atom is -0.299 e. The first-order valence-corrected chi connectivity index (χ1v) is 7.99. The van der Waals surface area contributed by atoms with E-state index in [9.17, 15) is 9.59 Å². The molecular weight excluding hydrogens is 262 g/mol. The van der Waals surface area contributed by atoms with E-state index in [2.05, 4.69) is 25.7 Å². The molecule has 1 saturated heterocycles. The van der Waals surface area contributed by atoms with Gasteiger partial charge in [0.05, 0.1) is 0 Å². The van der Waals surface area contributed by atoms with E-state index in [1.54, 1.807) is 0 Å². The number of hydrogen-bond donors (Lipinski definition) is 0. The first kappa shape index (κ1) is 18.3. The molecule has 0 aromatic rings. The Morgan fingerprint density at radius 1 is 0.714 bits per heavy atom. The average Bonchev–Trinajstić information content (AvgIpc) is 2.68. The van der Waals surface area contributed by atoms with Crippen LogP contribution in [0.5, 0.6) is 0 Å². The molecule has 0 amide bonds. The summed E-state index contributed by atoms with van der Waals surface area (Å²) in [6.45, 7) is 19.6. The standard InChI is InChI=1S/C18H33NO2/c1-16(2,3)14(20)12-10-19(18(7,8)9)11-13(12)15(21)17(4,5)6/h12-13H,10-11H2,1-9H3/t12-,13-/m0/s1. The van der Waals surface area contributed by atoms with Gasteiger partial charge in [0, 0.05) is 41.3 Å². The van der Waals surface area contributed by atoms with Crippen molar-refractivity contribution in [3.8, 4) is 0 Å². The second-order valence-corrected chi connectivity index (χ2v) is 9.52. The minimum atomic E-state index is -0.394. The van der Waals surface area contributed by atoms with Crippen LogP contribution in [-0.2, 0) is 9.59 Å². The lowest BCUT2D eigenvalue weighted by atomic mass is 9.73. The van der Waals surface area contributed by atoms with E-state index < -0.39 is 10.8 Å². The number of rotatable bonds is 2. The second-order valence-electron chi connectivity index (χ2n) is 9.52. The third-order valence-electron chi connectivity index (χ3n) is 4.42. The predicted octanol–water partition coefficient (Wildman–Crippen LogP) is 3.56. The lowest BCUT2D eigenvalue weighted by Gasteiger charge is -2.32. The zero-order valence-corrected chi connectivity index (χ0v) is 15.3. The Kier molecular flexibility index (Phi) is 4.80. The van der Waals surface area contributed by atoms with Crippen molar-refractivity contribution in [2.75, 3.05) is 13.1 Å². The highest BCUT2D eigenvalue weighted by Gasteiger charge is 2.48. The molecule has 0 N–H and O–H groups in total. The van der Waals surface area contributed by atoms with Gasteiger partial charge in [-0.25, -0.2) is 0 Å². The number of ketones is 2. The van der Waals surface area contributed by atoms with Crippen molar-refractivity contribution in [1.29, 1.82) is 0 Å². The third kappa shape index (κ3) is 4.15. The molecule has 21 heavy (non-hydrogen) atoms. The average molecular weight is 295 g/mol. The maximum absolute atomic E-state index is 12.8. The van der Waals surface area contributed by atoms with Crippen molar-refractivity contribution in [1.82, 2.24) is 4.90 Å². The first-order chi connectivity index (χ1) is 9.15. The first-order valence-electron chi connectivity index (χ1n) is 7.99. The van der Waals surface area contributed by atoms with Gasteiger partial charge in [0.25, 0.3) is 0 Å². The molecule has 0 aromatic heterocycles. The molecule has 2 atom stereocenters. The molecule has 1 heterocycles. The second kappa shape index (κ2) is 5.49. The molecule has 1 fully saturated rings. The van der Waals surface area contributed by atoms with Gasteiger partial charge in [-0.15, -0.1) is 0 Å². The molecule has 0 spiro atoms. The zero-order valence-electron chi connectivity index (χ0n) is 15.3. The van der Waals surface area contributed by atoms with Crippen LogP contribution in [0, 0.1) is 22.7 Å². The van der Waals surface area contributed by atoms with Crippen LogP contribution in [0.25, 0.3) is 0 Å². The summed E-state index contributed by atoms with van der Waals surface area (Å²) in [5.41, 5.74) is -0.798. The van der Waals surface area contributed by atoms with Crippen LogP contribution in [0.1, 0.15) is 62.3 Å². The molecule has 1 aliphatic heterocycles. The van der Waals surface area contributed by atoms with Gasteiger partial charge in [-0.3, -0.25) is 14.5 Å². The molecular formula is C18H33NO2. The van der Waals surface area contributed by atoms with E-state index in [1.165, 1.54) is 0 Å². The number of carbonyl (C=O) groups excluding carboxylic acids is 2. The quantitative estimate of drug-likeness (QED) is 0.781. The Balaban J connectivity index is 3.12. The summed E-state index contributed by atoms with van der Waals surface area (Å²) in [4.78, 5) is 27.9. The normalized spacial score (nSPS) is 25.2. The molecule has 0 radical (unpaired) electrons. The van der Waals surface area contributed by atoms with E-state index in [0.717, 1.165) is 0 Å². The monoisotopic (exact) mass is 295 g/mol. The van der Waals surface area contributed by atoms with Crippen LogP contribution >= 0.6 is 0 Å². The van der Waals surface area contributed by atoms with Gasteiger partial charge in [-0.05, 0) is 20.8 Å². The molecule has 0 unspecified atom stereocenters.